The Morgan fingerprint density at radius 2 is 1.89 bits per heavy atom. The number of imide groups is 1. The van der Waals surface area contributed by atoms with E-state index in [1.807, 2.05) is 0 Å². The topological polar surface area (TPSA) is 96.8 Å². The van der Waals surface area contributed by atoms with Crippen molar-refractivity contribution in [2.24, 2.45) is 7.05 Å². The third-order valence-corrected chi connectivity index (χ3v) is 6.16. The number of hydrogen-bond acceptors (Lipinski definition) is 6. The summed E-state index contributed by atoms with van der Waals surface area (Å²) < 4.78 is 49.4. The highest BCUT2D eigenvalue weighted by Gasteiger charge is 2.48. The lowest BCUT2D eigenvalue weighted by Gasteiger charge is -2.43. The molecule has 2 aliphatic rings. The number of halogens is 3. The summed E-state index contributed by atoms with van der Waals surface area (Å²) in [7, 11) is 1.61. The second kappa shape index (κ2) is 8.72. The van der Waals surface area contributed by atoms with E-state index in [1.54, 1.807) is 46.0 Å². The van der Waals surface area contributed by atoms with Crippen LogP contribution in [-0.2, 0) is 21.4 Å². The van der Waals surface area contributed by atoms with Crippen molar-refractivity contribution >= 4 is 34.5 Å². The molecule has 1 N–H and O–H groups in total. The van der Waals surface area contributed by atoms with Gasteiger partial charge in [0, 0.05) is 31.9 Å². The van der Waals surface area contributed by atoms with Crippen LogP contribution in [-0.4, -0.2) is 70.0 Å². The zero-order valence-corrected chi connectivity index (χ0v) is 20.0. The van der Waals surface area contributed by atoms with Crippen LogP contribution >= 0.6 is 0 Å². The Hall–Kier alpha value is -3.31. The minimum absolute atomic E-state index is 0.0513. The summed E-state index contributed by atoms with van der Waals surface area (Å²) in [6.45, 7) is 4.38. The first-order valence-electron chi connectivity index (χ1n) is 11.4. The summed E-state index contributed by atoms with van der Waals surface area (Å²) in [4.78, 5) is 38.8. The molecule has 35 heavy (non-hydrogen) atoms. The maximum Gasteiger partial charge on any atom is 0.410 e. The van der Waals surface area contributed by atoms with E-state index in [1.165, 1.54) is 9.58 Å². The molecule has 0 bridgehead atoms. The largest absolute Gasteiger partial charge is 0.444 e. The predicted octanol–water partition coefficient (Wildman–Crippen LogP) is 3.08. The van der Waals surface area contributed by atoms with E-state index in [-0.39, 0.29) is 31.8 Å². The quantitative estimate of drug-likeness (QED) is 0.644. The Labute approximate surface area is 200 Å². The van der Waals surface area contributed by atoms with Crippen molar-refractivity contribution in [3.8, 4) is 0 Å². The molecule has 0 saturated carbocycles. The maximum absolute atomic E-state index is 14.2. The van der Waals surface area contributed by atoms with Crippen molar-refractivity contribution in [3.05, 3.63) is 23.9 Å². The summed E-state index contributed by atoms with van der Waals surface area (Å²) in [6, 6.07) is 2.97. The van der Waals surface area contributed by atoms with Gasteiger partial charge in [0.1, 0.15) is 11.6 Å². The number of aromatic nitrogens is 2. The van der Waals surface area contributed by atoms with Crippen molar-refractivity contribution in [2.75, 3.05) is 24.5 Å². The molecule has 0 radical (unpaired) electrons. The lowest BCUT2D eigenvalue weighted by molar-refractivity contribution is -0.155. The fourth-order valence-electron chi connectivity index (χ4n) is 4.63. The molecule has 2 aliphatic heterocycles. The Balaban J connectivity index is 1.70. The van der Waals surface area contributed by atoms with Crippen LogP contribution in [0.4, 0.5) is 23.7 Å². The van der Waals surface area contributed by atoms with E-state index in [0.29, 0.717) is 22.3 Å². The number of nitrogens with one attached hydrogen (secondary N) is 1. The lowest BCUT2D eigenvalue weighted by atomic mass is 9.92. The van der Waals surface area contributed by atoms with E-state index < -0.39 is 42.3 Å². The van der Waals surface area contributed by atoms with E-state index in [4.69, 9.17) is 4.74 Å². The summed E-state index contributed by atoms with van der Waals surface area (Å²) in [5.41, 5.74) is 0.356. The fraction of sp³-hybridized carbons (Fsp3) is 0.565. The molecule has 0 spiro atoms. The minimum atomic E-state index is -4.62. The number of ether oxygens (including phenoxy) is 1. The lowest BCUT2D eigenvalue weighted by Crippen LogP contribution is -2.60. The summed E-state index contributed by atoms with van der Waals surface area (Å²) in [5, 5.41) is 7.32. The molecule has 0 aliphatic carbocycles. The van der Waals surface area contributed by atoms with Gasteiger partial charge in [-0.25, -0.2) is 4.79 Å². The Morgan fingerprint density at radius 3 is 2.51 bits per heavy atom. The molecule has 2 saturated heterocycles. The van der Waals surface area contributed by atoms with Crippen LogP contribution < -0.4 is 10.2 Å². The summed E-state index contributed by atoms with van der Waals surface area (Å²) >= 11 is 0. The monoisotopic (exact) mass is 495 g/mol. The first kappa shape index (κ1) is 24.8. The molecule has 2 fully saturated rings. The smallest absolute Gasteiger partial charge is 0.410 e. The van der Waals surface area contributed by atoms with E-state index in [9.17, 15) is 27.6 Å². The van der Waals surface area contributed by atoms with E-state index in [0.717, 1.165) is 4.90 Å². The van der Waals surface area contributed by atoms with Gasteiger partial charge in [0.15, 0.2) is 0 Å². The van der Waals surface area contributed by atoms with Gasteiger partial charge < -0.3 is 14.5 Å². The van der Waals surface area contributed by atoms with Gasteiger partial charge in [0.2, 0.25) is 11.8 Å². The number of amides is 3. The second-order valence-corrected chi connectivity index (χ2v) is 9.86. The molecule has 190 valence electrons. The fourth-order valence-corrected chi connectivity index (χ4v) is 4.63. The molecular weight excluding hydrogens is 467 g/mol. The zero-order chi connectivity index (χ0) is 25.7. The van der Waals surface area contributed by atoms with E-state index in [2.05, 4.69) is 10.4 Å². The van der Waals surface area contributed by atoms with Crippen molar-refractivity contribution < 1.29 is 32.3 Å². The number of para-hydroxylation sites is 1. The van der Waals surface area contributed by atoms with Crippen LogP contribution in [0.3, 0.4) is 0 Å². The van der Waals surface area contributed by atoms with E-state index >= 15 is 0 Å². The first-order valence-corrected chi connectivity index (χ1v) is 11.4. The van der Waals surface area contributed by atoms with Crippen LogP contribution in [0.1, 0.15) is 45.2 Å². The number of anilines is 1. The first-order chi connectivity index (χ1) is 16.3. The second-order valence-electron chi connectivity index (χ2n) is 9.86. The number of carbonyl (C=O) groups is 3. The molecule has 12 heteroatoms. The molecule has 3 amide bonds. The number of benzene rings is 1. The van der Waals surface area contributed by atoms with Gasteiger partial charge >= 0.3 is 12.3 Å². The number of rotatable bonds is 2. The SMILES string of the molecule is Cn1nc(C2CCC(=O)NC2=O)c2cccc(N3CCN(C(=O)OC(C)(C)C)C[C@H]3C(F)(F)F)c21. The Bertz CT molecular complexity index is 1170. The van der Waals surface area contributed by atoms with Crippen LogP contribution in [0.15, 0.2) is 18.2 Å². The van der Waals surface area contributed by atoms with Crippen LogP contribution in [0.5, 0.6) is 0 Å². The highest BCUT2D eigenvalue weighted by molar-refractivity contribution is 6.03. The number of carbonyl (C=O) groups excluding carboxylic acids is 3. The molecule has 2 atom stereocenters. The van der Waals surface area contributed by atoms with Crippen molar-refractivity contribution in [3.63, 3.8) is 0 Å². The van der Waals surface area contributed by atoms with Crippen LogP contribution in [0.2, 0.25) is 0 Å². The number of fused-ring (bicyclic) bond motifs is 1. The average molecular weight is 496 g/mol. The van der Waals surface area contributed by atoms with Gasteiger partial charge in [-0.3, -0.25) is 19.6 Å². The van der Waals surface area contributed by atoms with Gasteiger partial charge in [-0.2, -0.15) is 18.3 Å². The van der Waals surface area contributed by atoms with Crippen molar-refractivity contribution in [1.29, 1.82) is 0 Å². The molecular formula is C23H28F3N5O4. The number of hydrogen-bond donors (Lipinski definition) is 1. The minimum Gasteiger partial charge on any atom is -0.444 e. The summed E-state index contributed by atoms with van der Waals surface area (Å²) in [5.74, 6) is -1.50. The number of piperidine rings is 1. The molecule has 9 nitrogen and oxygen atoms in total. The maximum atomic E-state index is 14.2. The highest BCUT2D eigenvalue weighted by Crippen LogP contribution is 2.38. The van der Waals surface area contributed by atoms with Gasteiger partial charge in [0.25, 0.3) is 0 Å². The van der Waals surface area contributed by atoms with Gasteiger partial charge in [-0.05, 0) is 33.3 Å². The molecule has 2 aromatic rings. The van der Waals surface area contributed by atoms with Gasteiger partial charge in [0.05, 0.1) is 29.4 Å². The Kier molecular flexibility index (Phi) is 6.18. The summed E-state index contributed by atoms with van der Waals surface area (Å²) in [6.07, 6.45) is -4.96. The molecule has 1 aromatic carbocycles. The van der Waals surface area contributed by atoms with Crippen LogP contribution in [0.25, 0.3) is 10.9 Å². The average Bonchev–Trinajstić information content (AvgIpc) is 3.08. The predicted molar refractivity (Wildman–Crippen MR) is 121 cm³/mol. The molecule has 1 aromatic heterocycles. The van der Waals surface area contributed by atoms with Crippen molar-refractivity contribution in [1.82, 2.24) is 20.0 Å². The Morgan fingerprint density at radius 1 is 1.17 bits per heavy atom. The number of aryl methyl sites for hydroxylation is 1. The highest BCUT2D eigenvalue weighted by atomic mass is 19.4. The van der Waals surface area contributed by atoms with Gasteiger partial charge in [-0.15, -0.1) is 0 Å². The third-order valence-electron chi connectivity index (χ3n) is 6.16. The number of alkyl halides is 3. The van der Waals surface area contributed by atoms with Crippen LogP contribution in [0, 0.1) is 0 Å². The molecule has 1 unspecified atom stereocenters. The zero-order valence-electron chi connectivity index (χ0n) is 20.0. The molecule has 4 rings (SSSR count). The molecule has 3 heterocycles. The third kappa shape index (κ3) is 4.92. The number of nitrogens with zero attached hydrogens (tertiary/aromatic N) is 4. The van der Waals surface area contributed by atoms with Gasteiger partial charge in [-0.1, -0.05) is 12.1 Å². The number of piperazine rings is 1. The standard InChI is InChI=1S/C23H28F3N5O4/c1-22(2,3)35-21(34)30-10-11-31(16(12-30)23(24,25)26)15-7-5-6-13-18(28-29(4)19(13)15)14-8-9-17(32)27-20(14)33/h5-7,14,16H,8-12H2,1-4H3,(H,27,32,33)/t14?,16-/m0/s1. The normalized spacial score (nSPS) is 21.9. The van der Waals surface area contributed by atoms with Crippen molar-refractivity contribution in [2.45, 2.75) is 57.3 Å².